The van der Waals surface area contributed by atoms with Gasteiger partial charge in [0.25, 0.3) is 0 Å². The van der Waals surface area contributed by atoms with Crippen LogP contribution in [0.2, 0.25) is 0 Å². The van der Waals surface area contributed by atoms with Crippen LogP contribution in [0.4, 0.5) is 11.6 Å². The summed E-state index contributed by atoms with van der Waals surface area (Å²) in [6.07, 6.45) is 1.42. The standard InChI is InChI=1S/C34H36N6O3S/c1-23-22-24(2)36-31(35-23)38-32(39-33(44)37-29-16-14-25(15-17-29)30(41)43-3)40-20-18-28(19-21-40)34(42,26-10-6-4-7-11-26)27-12-8-5-9-13-27/h4-17,22,28,42H,18-21H2,1-3H3,(H2,35,36,37,38,39,44). The van der Waals surface area contributed by atoms with Gasteiger partial charge in [-0.05, 0) is 86.3 Å². The van der Waals surface area contributed by atoms with Crippen LogP contribution < -0.4 is 10.6 Å². The van der Waals surface area contributed by atoms with Crippen molar-refractivity contribution in [2.24, 2.45) is 10.9 Å². The van der Waals surface area contributed by atoms with E-state index in [2.05, 4.69) is 25.5 Å². The average Bonchev–Trinajstić information content (AvgIpc) is 3.04. The van der Waals surface area contributed by atoms with Gasteiger partial charge in [0.05, 0.1) is 12.7 Å². The summed E-state index contributed by atoms with van der Waals surface area (Å²) in [4.78, 5) is 27.8. The van der Waals surface area contributed by atoms with Crippen molar-refractivity contribution in [2.75, 3.05) is 30.8 Å². The van der Waals surface area contributed by atoms with E-state index in [1.54, 1.807) is 24.3 Å². The van der Waals surface area contributed by atoms with Gasteiger partial charge in [-0.25, -0.2) is 14.8 Å². The van der Waals surface area contributed by atoms with E-state index in [-0.39, 0.29) is 11.0 Å². The number of carbonyl (C=O) groups excluding carboxylic acids is 1. The molecular weight excluding hydrogens is 572 g/mol. The molecule has 1 aliphatic rings. The molecule has 0 spiro atoms. The Hall–Kier alpha value is -4.67. The predicted octanol–water partition coefficient (Wildman–Crippen LogP) is 5.69. The highest BCUT2D eigenvalue weighted by Crippen LogP contribution is 2.42. The monoisotopic (exact) mass is 608 g/mol. The van der Waals surface area contributed by atoms with Crippen LogP contribution in [0.3, 0.4) is 0 Å². The summed E-state index contributed by atoms with van der Waals surface area (Å²) in [6, 6.07) is 28.5. The molecule has 4 aromatic rings. The number of methoxy groups -OCH3 is 1. The minimum atomic E-state index is -1.14. The number of guanidine groups is 1. The lowest BCUT2D eigenvalue weighted by Gasteiger charge is -2.43. The Morgan fingerprint density at radius 3 is 1.98 bits per heavy atom. The fourth-order valence-corrected chi connectivity index (χ4v) is 5.85. The van der Waals surface area contributed by atoms with Crippen LogP contribution in [-0.4, -0.2) is 57.2 Å². The van der Waals surface area contributed by atoms with Gasteiger partial charge in [0.2, 0.25) is 17.0 Å². The number of nitrogens with zero attached hydrogens (tertiary/aromatic N) is 4. The molecule has 44 heavy (non-hydrogen) atoms. The minimum absolute atomic E-state index is 0.0272. The third kappa shape index (κ3) is 7.10. The smallest absolute Gasteiger partial charge is 0.337 e. The lowest BCUT2D eigenvalue weighted by atomic mass is 9.72. The number of aryl methyl sites for hydroxylation is 2. The summed E-state index contributed by atoms with van der Waals surface area (Å²) in [5.74, 6) is 0.506. The number of aliphatic imine (C=N–C) groups is 1. The molecule has 1 aromatic heterocycles. The molecule has 0 unspecified atom stereocenters. The molecule has 0 saturated carbocycles. The molecule has 226 valence electrons. The largest absolute Gasteiger partial charge is 0.465 e. The molecule has 0 amide bonds. The molecular formula is C34H36N6O3S. The second kappa shape index (κ2) is 13.7. The van der Waals surface area contributed by atoms with E-state index < -0.39 is 11.6 Å². The third-order valence-electron chi connectivity index (χ3n) is 7.78. The van der Waals surface area contributed by atoms with Gasteiger partial charge in [0.15, 0.2) is 0 Å². The van der Waals surface area contributed by atoms with Gasteiger partial charge in [0, 0.05) is 30.2 Å². The first-order valence-corrected chi connectivity index (χ1v) is 14.9. The predicted molar refractivity (Wildman–Crippen MR) is 177 cm³/mol. The molecule has 1 fully saturated rings. The van der Waals surface area contributed by atoms with Gasteiger partial charge in [-0.3, -0.25) is 5.32 Å². The maximum Gasteiger partial charge on any atom is 0.337 e. The van der Waals surface area contributed by atoms with Crippen molar-refractivity contribution in [1.29, 1.82) is 0 Å². The van der Waals surface area contributed by atoms with E-state index in [1.165, 1.54) is 7.11 Å². The summed E-state index contributed by atoms with van der Waals surface area (Å²) in [5, 5.41) is 19.0. The number of carbonyl (C=O) groups is 1. The molecule has 3 aromatic carbocycles. The van der Waals surface area contributed by atoms with Crippen molar-refractivity contribution in [3.05, 3.63) is 119 Å². The van der Waals surface area contributed by atoms with Crippen LogP contribution in [-0.2, 0) is 10.3 Å². The first-order valence-electron chi connectivity index (χ1n) is 14.5. The highest BCUT2D eigenvalue weighted by molar-refractivity contribution is 7.80. The van der Waals surface area contributed by atoms with Crippen LogP contribution in [0.15, 0.2) is 96.0 Å². The van der Waals surface area contributed by atoms with E-state index in [0.29, 0.717) is 49.1 Å². The molecule has 1 aliphatic heterocycles. The topological polar surface area (TPSA) is 112 Å². The molecule has 1 saturated heterocycles. The maximum atomic E-state index is 12.3. The van der Waals surface area contributed by atoms with E-state index in [9.17, 15) is 9.90 Å². The van der Waals surface area contributed by atoms with Crippen molar-refractivity contribution >= 4 is 40.9 Å². The Kier molecular flexibility index (Phi) is 9.62. The normalized spacial score (nSPS) is 14.2. The zero-order valence-corrected chi connectivity index (χ0v) is 25.8. The van der Waals surface area contributed by atoms with Gasteiger partial charge in [-0.15, -0.1) is 0 Å². The van der Waals surface area contributed by atoms with Crippen molar-refractivity contribution in [1.82, 2.24) is 14.9 Å². The number of rotatable bonds is 6. The summed E-state index contributed by atoms with van der Waals surface area (Å²) in [5.41, 5.74) is 3.41. The molecule has 9 nitrogen and oxygen atoms in total. The summed E-state index contributed by atoms with van der Waals surface area (Å²) < 4.78 is 4.78. The number of aromatic nitrogens is 2. The Labute approximate surface area is 263 Å². The van der Waals surface area contributed by atoms with Crippen LogP contribution >= 0.6 is 12.2 Å². The zero-order chi connectivity index (χ0) is 31.1. The summed E-state index contributed by atoms with van der Waals surface area (Å²) in [6.45, 7) is 5.08. The fraction of sp³-hybridized carbons (Fsp3) is 0.265. The van der Waals surface area contributed by atoms with Crippen LogP contribution in [0.1, 0.15) is 45.7 Å². The number of ether oxygens (including phenoxy) is 1. The zero-order valence-electron chi connectivity index (χ0n) is 25.0. The van der Waals surface area contributed by atoms with Gasteiger partial charge in [-0.2, -0.15) is 4.99 Å². The first kappa shape index (κ1) is 30.8. The van der Waals surface area contributed by atoms with Crippen molar-refractivity contribution in [3.63, 3.8) is 0 Å². The Morgan fingerprint density at radius 1 is 0.909 bits per heavy atom. The van der Waals surface area contributed by atoms with Gasteiger partial charge >= 0.3 is 5.97 Å². The Bertz CT molecular complexity index is 1560. The second-order valence-corrected chi connectivity index (χ2v) is 11.2. The lowest BCUT2D eigenvalue weighted by molar-refractivity contribution is -0.00653. The van der Waals surface area contributed by atoms with Crippen molar-refractivity contribution in [2.45, 2.75) is 32.3 Å². The number of esters is 1. The van der Waals surface area contributed by atoms with E-state index in [4.69, 9.17) is 21.9 Å². The lowest BCUT2D eigenvalue weighted by Crippen LogP contribution is -2.48. The van der Waals surface area contributed by atoms with Crippen LogP contribution in [0.25, 0.3) is 0 Å². The number of piperidine rings is 1. The third-order valence-corrected chi connectivity index (χ3v) is 7.98. The number of hydrogen-bond donors (Lipinski definition) is 3. The quantitative estimate of drug-likeness (QED) is 0.110. The number of benzene rings is 3. The number of thiocarbonyl (C=S) groups is 1. The molecule has 0 atom stereocenters. The molecule has 10 heteroatoms. The van der Waals surface area contributed by atoms with Gasteiger partial charge < -0.3 is 20.1 Å². The van der Waals surface area contributed by atoms with E-state index >= 15 is 0 Å². The Balaban J connectivity index is 1.39. The number of nitrogens with one attached hydrogen (secondary N) is 2. The molecule has 3 N–H and O–H groups in total. The van der Waals surface area contributed by atoms with Gasteiger partial charge in [-0.1, -0.05) is 60.7 Å². The maximum absolute atomic E-state index is 12.3. The van der Waals surface area contributed by atoms with Crippen LogP contribution in [0.5, 0.6) is 0 Å². The summed E-state index contributed by atoms with van der Waals surface area (Å²) >= 11 is 5.63. The molecule has 0 bridgehead atoms. The Morgan fingerprint density at radius 2 is 1.45 bits per heavy atom. The highest BCUT2D eigenvalue weighted by Gasteiger charge is 2.42. The SMILES string of the molecule is COC(=O)c1ccc(NC(=S)/N=C(/Nc2nc(C)cc(C)n2)N2CCC(C(O)(c3ccccc3)c3ccccc3)CC2)cc1. The van der Waals surface area contributed by atoms with Crippen molar-refractivity contribution in [3.8, 4) is 0 Å². The molecule has 0 aliphatic carbocycles. The van der Waals surface area contributed by atoms with Gasteiger partial charge in [0.1, 0.15) is 5.60 Å². The molecule has 0 radical (unpaired) electrons. The van der Waals surface area contributed by atoms with Crippen LogP contribution in [0, 0.1) is 19.8 Å². The minimum Gasteiger partial charge on any atom is -0.465 e. The second-order valence-electron chi connectivity index (χ2n) is 10.8. The van der Waals surface area contributed by atoms with E-state index in [1.807, 2.05) is 80.6 Å². The summed E-state index contributed by atoms with van der Waals surface area (Å²) in [7, 11) is 1.35. The number of likely N-dealkylation sites (tertiary alicyclic amines) is 1. The fourth-order valence-electron chi connectivity index (χ4n) is 5.65. The van der Waals surface area contributed by atoms with Crippen molar-refractivity contribution < 1.29 is 14.6 Å². The molecule has 5 rings (SSSR count). The van der Waals surface area contributed by atoms with E-state index in [0.717, 1.165) is 22.5 Å². The first-order chi connectivity index (χ1) is 21.3. The number of anilines is 2. The highest BCUT2D eigenvalue weighted by atomic mass is 32.1. The molecule has 2 heterocycles. The average molecular weight is 609 g/mol. The number of aliphatic hydroxyl groups is 1. The number of hydrogen-bond acceptors (Lipinski definition) is 6.